The van der Waals surface area contributed by atoms with Crippen LogP contribution in [0, 0.1) is 13.7 Å². The molecular weight excluding hydrogens is 405 g/mol. The normalized spacial score (nSPS) is 10.3. The number of carbonyl (C=O) groups is 1. The van der Waals surface area contributed by atoms with E-state index in [9.17, 15) is 14.9 Å². The fraction of sp³-hybridized carbons (Fsp3) is 0.0714. The predicted molar refractivity (Wildman–Crippen MR) is 87.7 cm³/mol. The number of carboxylic acid groups (broad SMARTS) is 1. The molecule has 0 fully saturated rings. The number of aliphatic carboxylic acids is 1. The molecule has 0 saturated carbocycles. The van der Waals surface area contributed by atoms with Crippen LogP contribution in [0.4, 0.5) is 5.69 Å². The van der Waals surface area contributed by atoms with Gasteiger partial charge in [0.15, 0.2) is 0 Å². The number of hydrogen-bond acceptors (Lipinski definition) is 4. The van der Waals surface area contributed by atoms with Crippen molar-refractivity contribution in [2.24, 2.45) is 0 Å². The Hall–Kier alpha value is -1.61. The maximum absolute atomic E-state index is 10.8. The Balaban J connectivity index is 2.13. The molecule has 0 bridgehead atoms. The van der Waals surface area contributed by atoms with E-state index in [-0.39, 0.29) is 12.1 Å². The Morgan fingerprint density at radius 1 is 1.19 bits per heavy atom. The molecule has 0 saturated heterocycles. The molecule has 0 aliphatic rings. The summed E-state index contributed by atoms with van der Waals surface area (Å²) < 4.78 is 0.588. The zero-order valence-electron chi connectivity index (χ0n) is 10.7. The number of halogens is 1. The van der Waals surface area contributed by atoms with Crippen LogP contribution in [0.25, 0.3) is 0 Å². The Labute approximate surface area is 138 Å². The van der Waals surface area contributed by atoms with Crippen molar-refractivity contribution >= 4 is 46.0 Å². The number of nitro groups is 1. The van der Waals surface area contributed by atoms with Gasteiger partial charge in [0.2, 0.25) is 0 Å². The number of carboxylic acids is 1. The van der Waals surface area contributed by atoms with Gasteiger partial charge < -0.3 is 5.11 Å². The van der Waals surface area contributed by atoms with Crippen molar-refractivity contribution in [1.82, 2.24) is 0 Å². The first-order valence-corrected chi connectivity index (χ1v) is 7.78. The molecule has 2 aromatic rings. The summed E-state index contributed by atoms with van der Waals surface area (Å²) in [7, 11) is 0. The van der Waals surface area contributed by atoms with Crippen LogP contribution >= 0.6 is 34.4 Å². The second-order valence-electron chi connectivity index (χ2n) is 4.19. The molecule has 0 amide bonds. The molecule has 21 heavy (non-hydrogen) atoms. The number of hydrogen-bond donors (Lipinski definition) is 1. The molecule has 0 aliphatic carbocycles. The first-order valence-electron chi connectivity index (χ1n) is 5.88. The highest BCUT2D eigenvalue weighted by Gasteiger charge is 2.12. The highest BCUT2D eigenvalue weighted by atomic mass is 127. The monoisotopic (exact) mass is 415 g/mol. The Kier molecular flexibility index (Phi) is 5.18. The smallest absolute Gasteiger partial charge is 0.307 e. The molecule has 0 heterocycles. The van der Waals surface area contributed by atoms with Gasteiger partial charge in [-0.3, -0.25) is 14.9 Å². The number of nitro benzene ring substituents is 1. The minimum atomic E-state index is -0.861. The summed E-state index contributed by atoms with van der Waals surface area (Å²) in [6.07, 6.45) is 0.000374. The fourth-order valence-electron chi connectivity index (χ4n) is 1.69. The Morgan fingerprint density at radius 2 is 1.81 bits per heavy atom. The van der Waals surface area contributed by atoms with E-state index in [1.807, 2.05) is 34.7 Å². The Bertz CT molecular complexity index is 688. The standard InChI is InChI=1S/C14H10INO4S/c15-12-8-11(5-6-13(12)16(19)20)21-10-3-1-9(2-4-10)7-14(17)18/h1-6,8H,7H2,(H,17,18). The van der Waals surface area contributed by atoms with E-state index >= 15 is 0 Å². The van der Waals surface area contributed by atoms with Crippen molar-refractivity contribution in [3.8, 4) is 0 Å². The first kappa shape index (κ1) is 15.8. The SMILES string of the molecule is O=C(O)Cc1ccc(Sc2ccc([N+](=O)[O-])c(I)c2)cc1. The number of benzene rings is 2. The van der Waals surface area contributed by atoms with Crippen LogP contribution in [-0.4, -0.2) is 16.0 Å². The van der Waals surface area contributed by atoms with Gasteiger partial charge in [0, 0.05) is 15.9 Å². The molecule has 0 aromatic heterocycles. The van der Waals surface area contributed by atoms with E-state index in [0.29, 0.717) is 3.57 Å². The lowest BCUT2D eigenvalue weighted by molar-refractivity contribution is -0.385. The quantitative estimate of drug-likeness (QED) is 0.454. The average Bonchev–Trinajstić information content (AvgIpc) is 2.40. The van der Waals surface area contributed by atoms with Crippen molar-refractivity contribution in [1.29, 1.82) is 0 Å². The van der Waals surface area contributed by atoms with Gasteiger partial charge in [-0.1, -0.05) is 23.9 Å². The zero-order valence-corrected chi connectivity index (χ0v) is 13.6. The summed E-state index contributed by atoms with van der Waals surface area (Å²) in [5, 5.41) is 19.5. The van der Waals surface area contributed by atoms with E-state index in [4.69, 9.17) is 5.11 Å². The van der Waals surface area contributed by atoms with Crippen LogP contribution in [0.3, 0.4) is 0 Å². The molecule has 2 rings (SSSR count). The summed E-state index contributed by atoms with van der Waals surface area (Å²) in [6, 6.07) is 12.2. The summed E-state index contributed by atoms with van der Waals surface area (Å²) in [5.74, 6) is -0.861. The van der Waals surface area contributed by atoms with Gasteiger partial charge in [0.1, 0.15) is 0 Å². The first-order chi connectivity index (χ1) is 9.95. The largest absolute Gasteiger partial charge is 0.481 e. The van der Waals surface area contributed by atoms with E-state index in [1.165, 1.54) is 17.8 Å². The third-order valence-electron chi connectivity index (χ3n) is 2.63. The van der Waals surface area contributed by atoms with Crippen molar-refractivity contribution in [3.05, 3.63) is 61.7 Å². The lowest BCUT2D eigenvalue weighted by atomic mass is 10.2. The van der Waals surface area contributed by atoms with E-state index in [0.717, 1.165) is 15.4 Å². The minimum Gasteiger partial charge on any atom is -0.481 e. The van der Waals surface area contributed by atoms with Crippen LogP contribution in [0.2, 0.25) is 0 Å². The van der Waals surface area contributed by atoms with Gasteiger partial charge in [-0.2, -0.15) is 0 Å². The highest BCUT2D eigenvalue weighted by molar-refractivity contribution is 14.1. The molecule has 0 atom stereocenters. The topological polar surface area (TPSA) is 80.4 Å². The zero-order chi connectivity index (χ0) is 15.4. The van der Waals surface area contributed by atoms with Crippen molar-refractivity contribution in [2.75, 3.05) is 0 Å². The molecule has 0 spiro atoms. The molecule has 0 unspecified atom stereocenters. The highest BCUT2D eigenvalue weighted by Crippen LogP contribution is 2.32. The van der Waals surface area contributed by atoms with Gasteiger partial charge in [0.05, 0.1) is 14.9 Å². The molecule has 7 heteroatoms. The van der Waals surface area contributed by atoms with Crippen LogP contribution < -0.4 is 0 Å². The maximum atomic E-state index is 10.8. The molecular formula is C14H10INO4S. The van der Waals surface area contributed by atoms with Crippen LogP contribution in [0.15, 0.2) is 52.3 Å². The molecule has 5 nitrogen and oxygen atoms in total. The van der Waals surface area contributed by atoms with E-state index in [1.54, 1.807) is 24.3 Å². The van der Waals surface area contributed by atoms with Gasteiger partial charge in [-0.15, -0.1) is 0 Å². The third kappa shape index (κ3) is 4.43. The van der Waals surface area contributed by atoms with Crippen molar-refractivity contribution in [2.45, 2.75) is 16.2 Å². The van der Waals surface area contributed by atoms with Crippen LogP contribution in [0.5, 0.6) is 0 Å². The summed E-state index contributed by atoms with van der Waals surface area (Å²) in [6.45, 7) is 0. The molecule has 108 valence electrons. The maximum Gasteiger partial charge on any atom is 0.307 e. The molecule has 2 aromatic carbocycles. The predicted octanol–water partition coefficient (Wildman–Crippen LogP) is 3.98. The molecule has 0 aliphatic heterocycles. The third-order valence-corrected chi connectivity index (χ3v) is 4.49. The lowest BCUT2D eigenvalue weighted by Crippen LogP contribution is -1.99. The lowest BCUT2D eigenvalue weighted by Gasteiger charge is -2.04. The van der Waals surface area contributed by atoms with Gasteiger partial charge in [-0.05, 0) is 52.4 Å². The summed E-state index contributed by atoms with van der Waals surface area (Å²) in [4.78, 5) is 22.8. The number of rotatable bonds is 5. The molecule has 1 N–H and O–H groups in total. The summed E-state index contributed by atoms with van der Waals surface area (Å²) in [5.41, 5.74) is 0.835. The van der Waals surface area contributed by atoms with Crippen LogP contribution in [0.1, 0.15) is 5.56 Å². The van der Waals surface area contributed by atoms with Crippen LogP contribution in [-0.2, 0) is 11.2 Å². The number of nitrogens with zero attached hydrogens (tertiary/aromatic N) is 1. The van der Waals surface area contributed by atoms with Gasteiger partial charge in [-0.25, -0.2) is 0 Å². The second kappa shape index (κ2) is 6.90. The van der Waals surface area contributed by atoms with Gasteiger partial charge in [0.25, 0.3) is 5.69 Å². The van der Waals surface area contributed by atoms with Crippen molar-refractivity contribution < 1.29 is 14.8 Å². The molecule has 0 radical (unpaired) electrons. The van der Waals surface area contributed by atoms with E-state index in [2.05, 4.69) is 0 Å². The second-order valence-corrected chi connectivity index (χ2v) is 6.50. The average molecular weight is 415 g/mol. The van der Waals surface area contributed by atoms with Gasteiger partial charge >= 0.3 is 5.97 Å². The fourth-order valence-corrected chi connectivity index (χ4v) is 3.47. The Morgan fingerprint density at radius 3 is 2.33 bits per heavy atom. The van der Waals surface area contributed by atoms with Crippen molar-refractivity contribution in [3.63, 3.8) is 0 Å². The minimum absolute atomic E-state index is 0.000374. The summed E-state index contributed by atoms with van der Waals surface area (Å²) >= 11 is 3.42. The van der Waals surface area contributed by atoms with E-state index < -0.39 is 10.9 Å².